The second kappa shape index (κ2) is 7.88. The number of amides is 2. The normalized spacial score (nSPS) is 19.1. The van der Waals surface area contributed by atoms with Gasteiger partial charge >= 0.3 is 0 Å². The third-order valence-electron chi connectivity index (χ3n) is 7.06. The molecule has 1 atom stereocenters. The summed E-state index contributed by atoms with van der Waals surface area (Å²) in [6.45, 7) is 2.18. The Labute approximate surface area is 183 Å². The zero-order valence-electron chi connectivity index (χ0n) is 18.2. The number of hydrogen-bond donors (Lipinski definition) is 1. The molecule has 1 aliphatic heterocycles. The van der Waals surface area contributed by atoms with Crippen LogP contribution in [0.1, 0.15) is 65.3 Å². The maximum absolute atomic E-state index is 13.4. The molecular weight excluding hydrogens is 386 g/mol. The minimum atomic E-state index is -0.257. The molecule has 5 nitrogen and oxygen atoms in total. The van der Waals surface area contributed by atoms with Crippen molar-refractivity contribution in [2.75, 3.05) is 6.54 Å². The minimum Gasteiger partial charge on any atom is -0.352 e. The van der Waals surface area contributed by atoms with Crippen molar-refractivity contribution in [3.8, 4) is 0 Å². The van der Waals surface area contributed by atoms with Crippen LogP contribution in [0.2, 0.25) is 0 Å². The Hall–Kier alpha value is -3.08. The number of hydrogen-bond acceptors (Lipinski definition) is 2. The first-order valence-electron chi connectivity index (χ1n) is 11.3. The lowest BCUT2D eigenvalue weighted by Gasteiger charge is -2.28. The summed E-state index contributed by atoms with van der Waals surface area (Å²) in [7, 11) is 2.06. The van der Waals surface area contributed by atoms with Crippen molar-refractivity contribution in [3.05, 3.63) is 70.9 Å². The number of benzene rings is 2. The van der Waals surface area contributed by atoms with Gasteiger partial charge in [0.2, 0.25) is 5.91 Å². The summed E-state index contributed by atoms with van der Waals surface area (Å²) in [6, 6.07) is 16.1. The van der Waals surface area contributed by atoms with Crippen LogP contribution in [-0.4, -0.2) is 33.9 Å². The lowest BCUT2D eigenvalue weighted by atomic mass is 9.95. The average molecular weight is 416 g/mol. The van der Waals surface area contributed by atoms with E-state index < -0.39 is 0 Å². The summed E-state index contributed by atoms with van der Waals surface area (Å²) in [5.74, 6) is -0.123. The molecule has 5 heteroatoms. The molecule has 1 N–H and O–H groups in total. The minimum absolute atomic E-state index is 0.0593. The van der Waals surface area contributed by atoms with E-state index >= 15 is 0 Å². The lowest BCUT2D eigenvalue weighted by Crippen LogP contribution is -2.44. The van der Waals surface area contributed by atoms with E-state index in [9.17, 15) is 9.59 Å². The quantitative estimate of drug-likeness (QED) is 0.683. The van der Waals surface area contributed by atoms with Gasteiger partial charge in [-0.25, -0.2) is 0 Å². The molecule has 0 bridgehead atoms. The Balaban J connectivity index is 1.54. The van der Waals surface area contributed by atoms with Crippen molar-refractivity contribution in [1.82, 2.24) is 14.8 Å². The number of fused-ring (bicyclic) bond motifs is 2. The second-order valence-electron chi connectivity index (χ2n) is 8.90. The third kappa shape index (κ3) is 3.32. The number of para-hydroxylation sites is 1. The first kappa shape index (κ1) is 19.9. The number of aryl methyl sites for hydroxylation is 1. The number of carbonyl (C=O) groups excluding carboxylic acids is 2. The van der Waals surface area contributed by atoms with E-state index in [0.717, 1.165) is 53.4 Å². The lowest BCUT2D eigenvalue weighted by molar-refractivity contribution is -0.122. The van der Waals surface area contributed by atoms with Crippen molar-refractivity contribution in [3.63, 3.8) is 0 Å². The zero-order chi connectivity index (χ0) is 21.5. The van der Waals surface area contributed by atoms with E-state index in [2.05, 4.69) is 36.0 Å². The van der Waals surface area contributed by atoms with Crippen molar-refractivity contribution >= 4 is 22.7 Å². The summed E-state index contributed by atoms with van der Waals surface area (Å²) in [5, 5.41) is 4.32. The van der Waals surface area contributed by atoms with Gasteiger partial charge in [0.15, 0.2) is 0 Å². The Morgan fingerprint density at radius 1 is 1.03 bits per heavy atom. The molecule has 1 aromatic heterocycles. The molecule has 160 valence electrons. The molecule has 0 saturated heterocycles. The predicted molar refractivity (Wildman–Crippen MR) is 122 cm³/mol. The van der Waals surface area contributed by atoms with Crippen LogP contribution in [0.3, 0.4) is 0 Å². The molecule has 1 saturated carbocycles. The van der Waals surface area contributed by atoms with Crippen LogP contribution in [0.4, 0.5) is 0 Å². The van der Waals surface area contributed by atoms with Crippen LogP contribution in [0, 0.1) is 6.92 Å². The summed E-state index contributed by atoms with van der Waals surface area (Å²) in [5.41, 5.74) is 5.05. The molecule has 0 radical (unpaired) electrons. The summed E-state index contributed by atoms with van der Waals surface area (Å²) in [6.07, 6.45) is 5.64. The molecular formula is C26H29N3O2. The third-order valence-corrected chi connectivity index (χ3v) is 7.06. The number of rotatable bonds is 4. The van der Waals surface area contributed by atoms with E-state index in [1.54, 1.807) is 4.90 Å². The number of nitrogens with zero attached hydrogens (tertiary/aromatic N) is 2. The van der Waals surface area contributed by atoms with E-state index in [4.69, 9.17) is 0 Å². The Morgan fingerprint density at radius 2 is 1.74 bits per heavy atom. The molecule has 2 aliphatic rings. The number of aromatic nitrogens is 1. The molecule has 31 heavy (non-hydrogen) atoms. The van der Waals surface area contributed by atoms with Gasteiger partial charge in [-0.3, -0.25) is 9.59 Å². The van der Waals surface area contributed by atoms with Crippen LogP contribution in [0.25, 0.3) is 10.9 Å². The maximum atomic E-state index is 13.4. The Bertz CT molecular complexity index is 1160. The van der Waals surface area contributed by atoms with E-state index in [0.29, 0.717) is 5.56 Å². The first-order valence-corrected chi connectivity index (χ1v) is 11.3. The van der Waals surface area contributed by atoms with Gasteiger partial charge in [-0.15, -0.1) is 0 Å². The highest BCUT2D eigenvalue weighted by Crippen LogP contribution is 2.43. The highest BCUT2D eigenvalue weighted by Gasteiger charge is 2.40. The van der Waals surface area contributed by atoms with Crippen LogP contribution < -0.4 is 5.32 Å². The van der Waals surface area contributed by atoms with Gasteiger partial charge in [-0.05, 0) is 37.5 Å². The monoisotopic (exact) mass is 415 g/mol. The standard InChI is InChI=1S/C26H29N3O2/c1-17-24(21-14-8-9-15-22(21)28(17)2)25-19-12-6-7-13-20(19)26(31)29(25)16-23(30)27-18-10-4-3-5-11-18/h6-9,12-15,18,25H,3-5,10-11,16H2,1-2H3,(H,27,30)/t25-/m0/s1. The second-order valence-corrected chi connectivity index (χ2v) is 8.90. The van der Waals surface area contributed by atoms with E-state index in [-0.39, 0.29) is 30.4 Å². The van der Waals surface area contributed by atoms with Gasteiger partial charge in [0.25, 0.3) is 5.91 Å². The fourth-order valence-electron chi connectivity index (χ4n) is 5.41. The SMILES string of the molecule is Cc1c([C@@H]2c3ccccc3C(=O)N2CC(=O)NC2CCCCC2)c2ccccc2n1C. The molecule has 2 aromatic carbocycles. The zero-order valence-corrected chi connectivity index (χ0v) is 18.2. The van der Waals surface area contributed by atoms with Gasteiger partial charge in [0, 0.05) is 40.8 Å². The van der Waals surface area contributed by atoms with Gasteiger partial charge in [-0.1, -0.05) is 55.7 Å². The van der Waals surface area contributed by atoms with Crippen molar-refractivity contribution in [2.45, 2.75) is 51.1 Å². The molecule has 0 spiro atoms. The molecule has 2 heterocycles. The summed E-state index contributed by atoms with van der Waals surface area (Å²) >= 11 is 0. The molecule has 0 unspecified atom stereocenters. The maximum Gasteiger partial charge on any atom is 0.255 e. The predicted octanol–water partition coefficient (Wildman–Crippen LogP) is 4.48. The Morgan fingerprint density at radius 3 is 2.55 bits per heavy atom. The molecule has 1 fully saturated rings. The molecule has 2 amide bonds. The van der Waals surface area contributed by atoms with Gasteiger partial charge < -0.3 is 14.8 Å². The average Bonchev–Trinajstić information content (AvgIpc) is 3.20. The smallest absolute Gasteiger partial charge is 0.255 e. The van der Waals surface area contributed by atoms with E-state index in [1.165, 1.54) is 6.42 Å². The van der Waals surface area contributed by atoms with Crippen molar-refractivity contribution < 1.29 is 9.59 Å². The van der Waals surface area contributed by atoms with Crippen LogP contribution >= 0.6 is 0 Å². The fourth-order valence-corrected chi connectivity index (χ4v) is 5.41. The Kier molecular flexibility index (Phi) is 5.05. The van der Waals surface area contributed by atoms with Crippen LogP contribution in [0.5, 0.6) is 0 Å². The number of nitrogens with one attached hydrogen (secondary N) is 1. The van der Waals surface area contributed by atoms with Crippen LogP contribution in [-0.2, 0) is 11.8 Å². The first-order chi connectivity index (χ1) is 15.1. The fraction of sp³-hybridized carbons (Fsp3) is 0.385. The van der Waals surface area contributed by atoms with E-state index in [1.807, 2.05) is 36.4 Å². The summed E-state index contributed by atoms with van der Waals surface area (Å²) in [4.78, 5) is 28.1. The van der Waals surface area contributed by atoms with Crippen molar-refractivity contribution in [2.24, 2.45) is 7.05 Å². The highest BCUT2D eigenvalue weighted by atomic mass is 16.2. The van der Waals surface area contributed by atoms with Gasteiger partial charge in [-0.2, -0.15) is 0 Å². The topological polar surface area (TPSA) is 54.3 Å². The molecule has 5 rings (SSSR count). The number of carbonyl (C=O) groups is 2. The summed E-state index contributed by atoms with van der Waals surface area (Å²) < 4.78 is 2.18. The molecule has 3 aromatic rings. The van der Waals surface area contributed by atoms with Crippen LogP contribution in [0.15, 0.2) is 48.5 Å². The highest BCUT2D eigenvalue weighted by molar-refractivity contribution is 6.02. The largest absolute Gasteiger partial charge is 0.352 e. The van der Waals surface area contributed by atoms with Crippen molar-refractivity contribution in [1.29, 1.82) is 0 Å². The van der Waals surface area contributed by atoms with Gasteiger partial charge in [0.1, 0.15) is 6.54 Å². The van der Waals surface area contributed by atoms with Gasteiger partial charge in [0.05, 0.1) is 6.04 Å². The molecule has 1 aliphatic carbocycles.